The van der Waals surface area contributed by atoms with E-state index in [4.69, 9.17) is 4.74 Å². The van der Waals surface area contributed by atoms with E-state index in [2.05, 4.69) is 22.9 Å². The Labute approximate surface area is 65.2 Å². The van der Waals surface area contributed by atoms with Crippen LogP contribution >= 0.6 is 15.9 Å². The average molecular weight is 193 g/mol. The van der Waals surface area contributed by atoms with E-state index in [1.54, 1.807) is 0 Å². The van der Waals surface area contributed by atoms with Gasteiger partial charge >= 0.3 is 0 Å². The first kappa shape index (κ1) is 9.18. The lowest BCUT2D eigenvalue weighted by Gasteiger charge is -1.95. The van der Waals surface area contributed by atoms with Crippen LogP contribution in [-0.2, 0) is 4.74 Å². The fourth-order valence-corrected chi connectivity index (χ4v) is 0.534. The molecule has 0 heterocycles. The number of halogens is 1. The minimum atomic E-state index is 0.727. The Morgan fingerprint density at radius 1 is 1.67 bits per heavy atom. The lowest BCUT2D eigenvalue weighted by Crippen LogP contribution is -1.91. The minimum absolute atomic E-state index is 0.727. The molecular weight excluding hydrogens is 180 g/mol. The molecule has 0 aliphatic carbocycles. The first-order chi connectivity index (χ1) is 4.27. The summed E-state index contributed by atoms with van der Waals surface area (Å²) in [5.41, 5.74) is 0. The van der Waals surface area contributed by atoms with E-state index in [0.29, 0.717) is 0 Å². The van der Waals surface area contributed by atoms with Gasteiger partial charge in [-0.15, -0.1) is 0 Å². The Morgan fingerprint density at radius 3 is 2.78 bits per heavy atom. The molecule has 0 saturated heterocycles. The maximum absolute atomic E-state index is 5.19. The molecule has 9 heavy (non-hydrogen) atoms. The van der Waals surface area contributed by atoms with Crippen molar-refractivity contribution in [3.63, 3.8) is 0 Å². The van der Waals surface area contributed by atoms with E-state index in [9.17, 15) is 0 Å². The van der Waals surface area contributed by atoms with Gasteiger partial charge in [-0.3, -0.25) is 0 Å². The van der Waals surface area contributed by atoms with E-state index in [0.717, 1.165) is 24.1 Å². The van der Waals surface area contributed by atoms with Gasteiger partial charge < -0.3 is 4.74 Å². The Bertz CT molecular complexity index is 84.9. The van der Waals surface area contributed by atoms with Gasteiger partial charge in [0, 0.05) is 6.61 Å². The van der Waals surface area contributed by atoms with E-state index in [-0.39, 0.29) is 0 Å². The van der Waals surface area contributed by atoms with Crippen molar-refractivity contribution in [1.82, 2.24) is 0 Å². The normalized spacial score (nSPS) is 12.1. The maximum Gasteiger partial charge on any atom is 0.0658 e. The van der Waals surface area contributed by atoms with Crippen LogP contribution in [0.5, 0.6) is 0 Å². The third kappa shape index (κ3) is 8.18. The molecule has 0 unspecified atom stereocenters. The van der Waals surface area contributed by atoms with Crippen molar-refractivity contribution < 1.29 is 4.74 Å². The summed E-state index contributed by atoms with van der Waals surface area (Å²) in [6.07, 6.45) is 3.10. The molecule has 0 aromatic rings. The zero-order chi connectivity index (χ0) is 7.11. The summed E-state index contributed by atoms with van der Waals surface area (Å²) in [6.45, 7) is 5.68. The molecule has 0 rings (SSSR count). The van der Waals surface area contributed by atoms with Gasteiger partial charge in [0.05, 0.1) is 6.61 Å². The van der Waals surface area contributed by atoms with Gasteiger partial charge in [-0.05, 0) is 23.9 Å². The van der Waals surface area contributed by atoms with Crippen molar-refractivity contribution in [2.45, 2.75) is 20.3 Å². The molecule has 0 aromatic carbocycles. The number of rotatable bonds is 4. The van der Waals surface area contributed by atoms with Gasteiger partial charge in [0.25, 0.3) is 0 Å². The summed E-state index contributed by atoms with van der Waals surface area (Å²) >= 11 is 3.31. The average Bonchev–Trinajstić information content (AvgIpc) is 1.80. The van der Waals surface area contributed by atoms with E-state index in [1.807, 2.05) is 13.0 Å². The Morgan fingerprint density at radius 2 is 2.33 bits per heavy atom. The van der Waals surface area contributed by atoms with Crippen molar-refractivity contribution in [1.29, 1.82) is 0 Å². The lowest BCUT2D eigenvalue weighted by atomic mass is 10.5. The van der Waals surface area contributed by atoms with Gasteiger partial charge in [-0.25, -0.2) is 0 Å². The zero-order valence-electron chi connectivity index (χ0n) is 5.98. The van der Waals surface area contributed by atoms with Crippen LogP contribution in [0.15, 0.2) is 10.6 Å². The summed E-state index contributed by atoms with van der Waals surface area (Å²) in [4.78, 5) is 0. The predicted molar refractivity (Wildman–Crippen MR) is 43.8 cm³/mol. The van der Waals surface area contributed by atoms with Crippen LogP contribution in [0.2, 0.25) is 0 Å². The second kappa shape index (κ2) is 6.30. The molecule has 1 nitrogen and oxygen atoms in total. The molecule has 0 amide bonds. The fraction of sp³-hybridized carbons (Fsp3) is 0.714. The van der Waals surface area contributed by atoms with Crippen LogP contribution < -0.4 is 0 Å². The summed E-state index contributed by atoms with van der Waals surface area (Å²) in [5.74, 6) is 0. The van der Waals surface area contributed by atoms with Crippen molar-refractivity contribution in [3.8, 4) is 0 Å². The van der Waals surface area contributed by atoms with Crippen LogP contribution in [0.25, 0.3) is 0 Å². The molecule has 0 bridgehead atoms. The molecule has 0 aromatic heterocycles. The standard InChI is InChI=1S/C7H13BrO/c1-3-5-9-6-4-7(2)8/h4H,3,5-6H2,1-2H3/b7-4+. The first-order valence-corrected chi connectivity index (χ1v) is 3.96. The topological polar surface area (TPSA) is 9.23 Å². The predicted octanol–water partition coefficient (Wildman–Crippen LogP) is 2.71. The van der Waals surface area contributed by atoms with Gasteiger partial charge in [0.15, 0.2) is 0 Å². The second-order valence-electron chi connectivity index (χ2n) is 1.87. The number of allylic oxidation sites excluding steroid dienone is 1. The minimum Gasteiger partial charge on any atom is -0.377 e. The molecule has 0 fully saturated rings. The van der Waals surface area contributed by atoms with Gasteiger partial charge in [-0.2, -0.15) is 0 Å². The Kier molecular flexibility index (Phi) is 6.43. The molecule has 0 aliphatic rings. The maximum atomic E-state index is 5.19. The third-order valence-electron chi connectivity index (χ3n) is 0.831. The van der Waals surface area contributed by atoms with Crippen LogP contribution in [0.1, 0.15) is 20.3 Å². The first-order valence-electron chi connectivity index (χ1n) is 3.17. The van der Waals surface area contributed by atoms with Crippen molar-refractivity contribution >= 4 is 15.9 Å². The third-order valence-corrected chi connectivity index (χ3v) is 1.15. The van der Waals surface area contributed by atoms with Crippen LogP contribution in [0, 0.1) is 0 Å². The summed E-state index contributed by atoms with van der Waals surface area (Å²) in [7, 11) is 0. The second-order valence-corrected chi connectivity index (χ2v) is 3.12. The van der Waals surface area contributed by atoms with E-state index < -0.39 is 0 Å². The van der Waals surface area contributed by atoms with E-state index in [1.165, 1.54) is 0 Å². The van der Waals surface area contributed by atoms with Crippen LogP contribution in [-0.4, -0.2) is 13.2 Å². The van der Waals surface area contributed by atoms with Gasteiger partial charge in [-0.1, -0.05) is 22.9 Å². The molecule has 0 atom stereocenters. The molecule has 0 radical (unpaired) electrons. The molecule has 0 N–H and O–H groups in total. The monoisotopic (exact) mass is 192 g/mol. The van der Waals surface area contributed by atoms with Crippen molar-refractivity contribution in [3.05, 3.63) is 10.6 Å². The molecule has 0 spiro atoms. The molecule has 2 heteroatoms. The highest BCUT2D eigenvalue weighted by atomic mass is 79.9. The molecular formula is C7H13BrO. The molecule has 0 aliphatic heterocycles. The summed E-state index contributed by atoms with van der Waals surface area (Å²) in [5, 5.41) is 0. The highest BCUT2D eigenvalue weighted by Crippen LogP contribution is 2.00. The number of hydrogen-bond donors (Lipinski definition) is 0. The highest BCUT2D eigenvalue weighted by Gasteiger charge is 1.80. The fourth-order valence-electron chi connectivity index (χ4n) is 0.401. The quantitative estimate of drug-likeness (QED) is 0.623. The van der Waals surface area contributed by atoms with E-state index >= 15 is 0 Å². The highest BCUT2D eigenvalue weighted by molar-refractivity contribution is 9.11. The Hall–Kier alpha value is 0.180. The zero-order valence-corrected chi connectivity index (χ0v) is 7.57. The van der Waals surface area contributed by atoms with Crippen molar-refractivity contribution in [2.75, 3.05) is 13.2 Å². The lowest BCUT2D eigenvalue weighted by molar-refractivity contribution is 0.163. The number of ether oxygens (including phenoxy) is 1. The van der Waals surface area contributed by atoms with Crippen LogP contribution in [0.3, 0.4) is 0 Å². The smallest absolute Gasteiger partial charge is 0.0658 e. The SMILES string of the molecule is CCCOC/C=C(\C)Br. The Balaban J connectivity index is 3.00. The van der Waals surface area contributed by atoms with Gasteiger partial charge in [0.2, 0.25) is 0 Å². The summed E-state index contributed by atoms with van der Waals surface area (Å²) in [6, 6.07) is 0. The summed E-state index contributed by atoms with van der Waals surface area (Å²) < 4.78 is 6.32. The molecule has 0 saturated carbocycles. The van der Waals surface area contributed by atoms with Crippen LogP contribution in [0.4, 0.5) is 0 Å². The number of hydrogen-bond acceptors (Lipinski definition) is 1. The van der Waals surface area contributed by atoms with Gasteiger partial charge in [0.1, 0.15) is 0 Å². The largest absolute Gasteiger partial charge is 0.377 e. The molecule has 54 valence electrons. The van der Waals surface area contributed by atoms with Crippen molar-refractivity contribution in [2.24, 2.45) is 0 Å².